The van der Waals surface area contributed by atoms with E-state index in [9.17, 15) is 4.79 Å². The van der Waals surface area contributed by atoms with Gasteiger partial charge in [0.25, 0.3) is 0 Å². The van der Waals surface area contributed by atoms with Crippen molar-refractivity contribution in [3.8, 4) is 5.75 Å². The van der Waals surface area contributed by atoms with E-state index < -0.39 is 0 Å². The first-order valence-corrected chi connectivity index (χ1v) is 10.5. The van der Waals surface area contributed by atoms with Gasteiger partial charge in [-0.15, -0.1) is 0 Å². The molecule has 30 heavy (non-hydrogen) atoms. The van der Waals surface area contributed by atoms with Gasteiger partial charge in [-0.05, 0) is 31.5 Å². The monoisotopic (exact) mass is 410 g/mol. The lowest BCUT2D eigenvalue weighted by molar-refractivity contribution is -0.127. The van der Waals surface area contributed by atoms with Crippen molar-refractivity contribution in [3.05, 3.63) is 36.4 Å². The number of rotatable bonds is 5. The molecule has 5 rings (SSSR count). The molecule has 0 spiro atoms. The summed E-state index contributed by atoms with van der Waals surface area (Å²) in [5.41, 5.74) is 2.14. The molecule has 158 valence electrons. The Morgan fingerprint density at radius 1 is 1.13 bits per heavy atom. The van der Waals surface area contributed by atoms with Gasteiger partial charge in [-0.1, -0.05) is 24.6 Å². The van der Waals surface area contributed by atoms with Crippen molar-refractivity contribution < 1.29 is 23.4 Å². The lowest BCUT2D eigenvalue weighted by Gasteiger charge is -2.37. The smallest absolute Gasteiger partial charge is 0.238 e. The van der Waals surface area contributed by atoms with Gasteiger partial charge in [-0.3, -0.25) is 9.69 Å². The number of carbonyl (C=O) groups is 1. The first-order valence-electron chi connectivity index (χ1n) is 10.5. The van der Waals surface area contributed by atoms with Gasteiger partial charge in [0.1, 0.15) is 16.9 Å². The molecule has 3 aromatic rings. The van der Waals surface area contributed by atoms with E-state index in [1.165, 1.54) is 0 Å². The van der Waals surface area contributed by atoms with Crippen LogP contribution >= 0.6 is 0 Å². The zero-order valence-electron chi connectivity index (χ0n) is 17.1. The van der Waals surface area contributed by atoms with Crippen molar-refractivity contribution in [2.75, 3.05) is 38.7 Å². The number of furan rings is 1. The van der Waals surface area contributed by atoms with Crippen molar-refractivity contribution >= 4 is 33.5 Å². The van der Waals surface area contributed by atoms with Gasteiger partial charge in [0, 0.05) is 16.8 Å². The number of likely N-dealkylation sites (tertiary alicyclic amines) is 1. The van der Waals surface area contributed by atoms with Gasteiger partial charge in [-0.25, -0.2) is 0 Å². The Bertz CT molecular complexity index is 1060. The number of carbonyl (C=O) groups excluding carboxylic acids is 1. The number of methoxy groups -OCH3 is 1. The second-order valence-electron chi connectivity index (χ2n) is 7.84. The number of ether oxygens (including phenoxy) is 3. The molecule has 1 atom stereocenters. The summed E-state index contributed by atoms with van der Waals surface area (Å²) in [6.07, 6.45) is 2.94. The quantitative estimate of drug-likeness (QED) is 0.691. The van der Waals surface area contributed by atoms with Crippen LogP contribution in [-0.4, -0.2) is 56.6 Å². The first kappa shape index (κ1) is 19.4. The zero-order valence-corrected chi connectivity index (χ0v) is 17.1. The maximum atomic E-state index is 12.9. The molecule has 0 aliphatic carbocycles. The highest BCUT2D eigenvalue weighted by Crippen LogP contribution is 2.36. The van der Waals surface area contributed by atoms with E-state index in [0.29, 0.717) is 24.7 Å². The molecule has 1 N–H and O–H groups in total. The van der Waals surface area contributed by atoms with E-state index in [1.54, 1.807) is 7.11 Å². The van der Waals surface area contributed by atoms with Crippen LogP contribution in [0.25, 0.3) is 21.9 Å². The van der Waals surface area contributed by atoms with E-state index in [4.69, 9.17) is 18.6 Å². The molecule has 2 aromatic carbocycles. The minimum absolute atomic E-state index is 0.0892. The van der Waals surface area contributed by atoms with Gasteiger partial charge in [-0.2, -0.15) is 0 Å². The summed E-state index contributed by atoms with van der Waals surface area (Å²) >= 11 is 0. The highest BCUT2D eigenvalue weighted by Gasteiger charge is 2.34. The van der Waals surface area contributed by atoms with E-state index in [2.05, 4.69) is 10.2 Å². The molecule has 1 amide bonds. The van der Waals surface area contributed by atoms with Crippen LogP contribution in [0.5, 0.6) is 5.75 Å². The average molecular weight is 410 g/mol. The van der Waals surface area contributed by atoms with Crippen LogP contribution in [0.15, 0.2) is 40.8 Å². The highest BCUT2D eigenvalue weighted by atomic mass is 16.7. The fraction of sp³-hybridized carbons (Fsp3) is 0.435. The Labute approximate surface area is 174 Å². The summed E-state index contributed by atoms with van der Waals surface area (Å²) in [4.78, 5) is 15.1. The lowest BCUT2D eigenvalue weighted by Crippen LogP contribution is -2.50. The summed E-state index contributed by atoms with van der Waals surface area (Å²) in [6, 6.07) is 11.7. The number of nitrogens with one attached hydrogen (secondary N) is 1. The Hall–Kier alpha value is -2.61. The summed E-state index contributed by atoms with van der Waals surface area (Å²) in [5.74, 6) is 0.522. The van der Waals surface area contributed by atoms with E-state index in [0.717, 1.165) is 47.7 Å². The standard InChI is InChI=1S/C23H26N2O5/c1-27-21-12-16-15-6-2-3-8-19(15)30-20(16)13-17(21)24-22(26)14-25-9-5-4-7-18(25)23-28-10-11-29-23/h2-3,6,8,12-13,18,23H,4-5,7,9-11,14H2,1H3,(H,24,26). The summed E-state index contributed by atoms with van der Waals surface area (Å²) in [7, 11) is 1.61. The fourth-order valence-corrected chi connectivity index (χ4v) is 4.51. The number of hydrogen-bond donors (Lipinski definition) is 1. The van der Waals surface area contributed by atoms with Gasteiger partial charge >= 0.3 is 0 Å². The van der Waals surface area contributed by atoms with Gasteiger partial charge in [0.2, 0.25) is 5.91 Å². The topological polar surface area (TPSA) is 73.2 Å². The number of para-hydroxylation sites is 1. The van der Waals surface area contributed by atoms with Crippen LogP contribution in [0.3, 0.4) is 0 Å². The number of amides is 1. The molecule has 2 aliphatic rings. The fourth-order valence-electron chi connectivity index (χ4n) is 4.51. The van der Waals surface area contributed by atoms with E-state index in [1.807, 2.05) is 36.4 Å². The van der Waals surface area contributed by atoms with Crippen LogP contribution in [0.2, 0.25) is 0 Å². The summed E-state index contributed by atoms with van der Waals surface area (Å²) in [5, 5.41) is 5.00. The van der Waals surface area contributed by atoms with Crippen molar-refractivity contribution in [2.24, 2.45) is 0 Å². The molecule has 2 aliphatic heterocycles. The Morgan fingerprint density at radius 3 is 2.80 bits per heavy atom. The predicted molar refractivity (Wildman–Crippen MR) is 114 cm³/mol. The number of hydrogen-bond acceptors (Lipinski definition) is 6. The molecule has 0 bridgehead atoms. The highest BCUT2D eigenvalue weighted by molar-refractivity contribution is 6.07. The molecule has 1 aromatic heterocycles. The van der Waals surface area contributed by atoms with Gasteiger partial charge in [0.15, 0.2) is 6.29 Å². The van der Waals surface area contributed by atoms with Crippen molar-refractivity contribution in [1.82, 2.24) is 4.90 Å². The second kappa shape index (κ2) is 8.26. The lowest BCUT2D eigenvalue weighted by atomic mass is 10.0. The maximum Gasteiger partial charge on any atom is 0.238 e. The minimum atomic E-state index is -0.237. The van der Waals surface area contributed by atoms with Gasteiger partial charge < -0.3 is 23.9 Å². The van der Waals surface area contributed by atoms with Crippen LogP contribution in [0.4, 0.5) is 5.69 Å². The van der Waals surface area contributed by atoms with Crippen LogP contribution in [0, 0.1) is 0 Å². The Morgan fingerprint density at radius 2 is 1.97 bits per heavy atom. The normalized spacial score (nSPS) is 20.8. The number of anilines is 1. The first-order chi connectivity index (χ1) is 14.7. The van der Waals surface area contributed by atoms with Crippen LogP contribution < -0.4 is 10.1 Å². The molecular weight excluding hydrogens is 384 g/mol. The molecule has 3 heterocycles. The summed E-state index contributed by atoms with van der Waals surface area (Å²) in [6.45, 7) is 2.39. The van der Waals surface area contributed by atoms with E-state index in [-0.39, 0.29) is 24.8 Å². The molecule has 0 radical (unpaired) electrons. The summed E-state index contributed by atoms with van der Waals surface area (Å²) < 4.78 is 22.9. The minimum Gasteiger partial charge on any atom is -0.495 e. The molecule has 0 saturated carbocycles. The molecular formula is C23H26N2O5. The van der Waals surface area contributed by atoms with Gasteiger partial charge in [0.05, 0.1) is 38.6 Å². The third-order valence-corrected chi connectivity index (χ3v) is 5.95. The van der Waals surface area contributed by atoms with Crippen LogP contribution in [0.1, 0.15) is 19.3 Å². The van der Waals surface area contributed by atoms with Crippen molar-refractivity contribution in [2.45, 2.75) is 31.6 Å². The second-order valence-corrected chi connectivity index (χ2v) is 7.84. The maximum absolute atomic E-state index is 12.9. The average Bonchev–Trinajstić information content (AvgIpc) is 3.41. The molecule has 1 unspecified atom stereocenters. The number of fused-ring (bicyclic) bond motifs is 3. The van der Waals surface area contributed by atoms with E-state index >= 15 is 0 Å². The third kappa shape index (κ3) is 3.64. The third-order valence-electron chi connectivity index (χ3n) is 5.95. The Balaban J connectivity index is 1.36. The molecule has 7 heteroatoms. The molecule has 2 saturated heterocycles. The number of nitrogens with zero attached hydrogens (tertiary/aromatic N) is 1. The zero-order chi connectivity index (χ0) is 20.5. The predicted octanol–water partition coefficient (Wildman–Crippen LogP) is 3.76. The van der Waals surface area contributed by atoms with Crippen molar-refractivity contribution in [1.29, 1.82) is 0 Å². The van der Waals surface area contributed by atoms with Crippen LogP contribution in [-0.2, 0) is 14.3 Å². The largest absolute Gasteiger partial charge is 0.495 e. The number of piperidine rings is 1. The Kier molecular flexibility index (Phi) is 5.33. The molecule has 7 nitrogen and oxygen atoms in total. The SMILES string of the molecule is COc1cc2c(cc1NC(=O)CN1CCCCC1C1OCCO1)oc1ccccc12. The molecule has 2 fully saturated rings. The van der Waals surface area contributed by atoms with Crippen molar-refractivity contribution in [3.63, 3.8) is 0 Å². The number of benzene rings is 2.